The van der Waals surface area contributed by atoms with Crippen LogP contribution in [0.1, 0.15) is 16.8 Å². The summed E-state index contributed by atoms with van der Waals surface area (Å²) in [4.78, 5) is 40.3. The molecule has 0 aliphatic carbocycles. The summed E-state index contributed by atoms with van der Waals surface area (Å²) in [5.74, 6) is -2.05. The average Bonchev–Trinajstić information content (AvgIpc) is 2.60. The maximum atomic E-state index is 12.5. The number of benzene rings is 1. The van der Waals surface area contributed by atoms with Crippen LogP contribution in [0.4, 0.5) is 5.69 Å². The number of nitrogens with one attached hydrogen (secondary N) is 1. The number of carbonyl (C=O) groups excluding carboxylic acids is 2. The molecule has 1 aliphatic heterocycles. The smallest absolute Gasteiger partial charge is 0.326 e. The largest absolute Gasteiger partial charge is 0.480 e. The molecule has 4 N–H and O–H groups in total. The summed E-state index contributed by atoms with van der Waals surface area (Å²) < 4.78 is 1.07. The van der Waals surface area contributed by atoms with E-state index in [0.29, 0.717) is 20.2 Å². The summed E-state index contributed by atoms with van der Waals surface area (Å²) in [6.07, 6.45) is -0.341. The second kappa shape index (κ2) is 9.63. The second-order valence-electron chi connectivity index (χ2n) is 6.52. The van der Waals surface area contributed by atoms with Gasteiger partial charge in [0.15, 0.2) is 5.78 Å². The monoisotopic (exact) mass is 504 g/mol. The molecular weight excluding hydrogens is 484 g/mol. The van der Waals surface area contributed by atoms with Gasteiger partial charge in [0.2, 0.25) is 5.91 Å². The molecule has 1 aromatic carbocycles. The Bertz CT molecular complexity index is 713. The topological polar surface area (TPSA) is 116 Å². The molecule has 10 heteroatoms. The Morgan fingerprint density at radius 1 is 1.19 bits per heavy atom. The summed E-state index contributed by atoms with van der Waals surface area (Å²) >= 11 is 6.52. The lowest BCUT2D eigenvalue weighted by Gasteiger charge is -2.32. The molecule has 2 rings (SSSR count). The van der Waals surface area contributed by atoms with Gasteiger partial charge >= 0.3 is 5.97 Å². The maximum Gasteiger partial charge on any atom is 0.326 e. The Morgan fingerprint density at radius 2 is 1.74 bits per heavy atom. The van der Waals surface area contributed by atoms with Crippen LogP contribution in [0.5, 0.6) is 0 Å². The summed E-state index contributed by atoms with van der Waals surface area (Å²) in [6.45, 7) is 3.32. The standard InChI is InChI=1S/C17H22Br2N4O4/c1-22-2-4-23(5-3-22)9-15(25)21-13(17(26)27)8-14(24)10-6-11(18)16(20)12(19)7-10/h6-7,13H,2-5,8-9,20H2,1H3,(H,21,25)(H,26,27)/t13-/m1/s1. The lowest BCUT2D eigenvalue weighted by atomic mass is 10.0. The highest BCUT2D eigenvalue weighted by Gasteiger charge is 2.26. The molecule has 0 aromatic heterocycles. The minimum Gasteiger partial charge on any atom is -0.480 e. The van der Waals surface area contributed by atoms with Gasteiger partial charge in [-0.25, -0.2) is 4.79 Å². The average molecular weight is 506 g/mol. The van der Waals surface area contributed by atoms with E-state index in [2.05, 4.69) is 42.1 Å². The van der Waals surface area contributed by atoms with E-state index < -0.39 is 23.7 Å². The second-order valence-corrected chi connectivity index (χ2v) is 8.23. The van der Waals surface area contributed by atoms with Crippen LogP contribution in [0.2, 0.25) is 0 Å². The van der Waals surface area contributed by atoms with Crippen LogP contribution in [0, 0.1) is 0 Å². The van der Waals surface area contributed by atoms with Gasteiger partial charge in [-0.05, 0) is 51.0 Å². The van der Waals surface area contributed by atoms with E-state index in [4.69, 9.17) is 5.73 Å². The number of nitrogens with zero attached hydrogens (tertiary/aromatic N) is 2. The molecule has 1 heterocycles. The van der Waals surface area contributed by atoms with Crippen LogP contribution in [-0.4, -0.2) is 78.4 Å². The zero-order valence-electron chi connectivity index (χ0n) is 14.9. The fourth-order valence-corrected chi connectivity index (χ4v) is 3.88. The predicted molar refractivity (Wildman–Crippen MR) is 109 cm³/mol. The van der Waals surface area contributed by atoms with Gasteiger partial charge in [0.25, 0.3) is 0 Å². The van der Waals surface area contributed by atoms with E-state index >= 15 is 0 Å². The van der Waals surface area contributed by atoms with Crippen LogP contribution in [0.15, 0.2) is 21.1 Å². The highest BCUT2D eigenvalue weighted by atomic mass is 79.9. The van der Waals surface area contributed by atoms with Crippen molar-refractivity contribution >= 4 is 55.2 Å². The van der Waals surface area contributed by atoms with Crippen LogP contribution >= 0.6 is 31.9 Å². The zero-order chi connectivity index (χ0) is 20.1. The minimum atomic E-state index is -1.28. The number of anilines is 1. The molecule has 1 atom stereocenters. The first-order chi connectivity index (χ1) is 12.7. The number of nitrogens with two attached hydrogens (primary N) is 1. The molecule has 1 fully saturated rings. The Balaban J connectivity index is 1.97. The van der Waals surface area contributed by atoms with E-state index in [-0.39, 0.29) is 13.0 Å². The van der Waals surface area contributed by atoms with Crippen molar-refractivity contribution in [3.8, 4) is 0 Å². The van der Waals surface area contributed by atoms with E-state index in [9.17, 15) is 19.5 Å². The number of halogens is 2. The van der Waals surface area contributed by atoms with Crippen molar-refractivity contribution < 1.29 is 19.5 Å². The predicted octanol–water partition coefficient (Wildman–Crippen LogP) is 1.18. The van der Waals surface area contributed by atoms with Crippen LogP contribution in [0.25, 0.3) is 0 Å². The third-order valence-corrected chi connectivity index (χ3v) is 5.70. The Morgan fingerprint density at radius 3 is 2.26 bits per heavy atom. The fraction of sp³-hybridized carbons (Fsp3) is 0.471. The summed E-state index contributed by atoms with van der Waals surface area (Å²) in [7, 11) is 2.01. The lowest BCUT2D eigenvalue weighted by molar-refractivity contribution is -0.142. The van der Waals surface area contributed by atoms with E-state index in [1.165, 1.54) is 12.1 Å². The number of aliphatic carboxylic acids is 1. The molecule has 0 unspecified atom stereocenters. The van der Waals surface area contributed by atoms with Gasteiger partial charge in [0, 0.05) is 47.1 Å². The van der Waals surface area contributed by atoms with Crippen molar-refractivity contribution in [2.75, 3.05) is 45.5 Å². The summed E-state index contributed by atoms with van der Waals surface area (Å²) in [5.41, 5.74) is 6.55. The first-order valence-electron chi connectivity index (χ1n) is 8.38. The van der Waals surface area contributed by atoms with Crippen molar-refractivity contribution in [3.05, 3.63) is 26.6 Å². The van der Waals surface area contributed by atoms with Gasteiger partial charge in [-0.1, -0.05) is 0 Å². The quantitative estimate of drug-likeness (QED) is 0.376. The molecule has 0 bridgehead atoms. The third kappa shape index (κ3) is 6.27. The van der Waals surface area contributed by atoms with Gasteiger partial charge in [0.05, 0.1) is 12.2 Å². The molecule has 0 spiro atoms. The van der Waals surface area contributed by atoms with Gasteiger partial charge in [0.1, 0.15) is 6.04 Å². The minimum absolute atomic E-state index is 0.116. The molecule has 1 aliphatic rings. The number of Topliss-reactive ketones (excluding diaryl/α,β-unsaturated/α-hetero) is 1. The number of hydrogen-bond acceptors (Lipinski definition) is 6. The van der Waals surface area contributed by atoms with E-state index in [1.54, 1.807) is 0 Å². The van der Waals surface area contributed by atoms with E-state index in [0.717, 1.165) is 26.2 Å². The van der Waals surface area contributed by atoms with Crippen molar-refractivity contribution in [1.29, 1.82) is 0 Å². The number of likely N-dealkylation sites (N-methyl/N-ethyl adjacent to an activating group) is 1. The molecule has 0 saturated carbocycles. The molecular formula is C17H22Br2N4O4. The van der Waals surface area contributed by atoms with Crippen molar-refractivity contribution in [2.24, 2.45) is 0 Å². The van der Waals surface area contributed by atoms with Gasteiger partial charge < -0.3 is 21.1 Å². The van der Waals surface area contributed by atoms with E-state index in [1.807, 2.05) is 11.9 Å². The normalized spacial score (nSPS) is 16.7. The van der Waals surface area contributed by atoms with Gasteiger partial charge in [-0.2, -0.15) is 0 Å². The number of carboxylic acids is 1. The zero-order valence-corrected chi connectivity index (χ0v) is 18.0. The lowest BCUT2D eigenvalue weighted by Crippen LogP contribution is -2.51. The molecule has 1 aromatic rings. The highest BCUT2D eigenvalue weighted by molar-refractivity contribution is 9.11. The number of amides is 1. The fourth-order valence-electron chi connectivity index (χ4n) is 2.70. The highest BCUT2D eigenvalue weighted by Crippen LogP contribution is 2.30. The molecule has 0 radical (unpaired) electrons. The maximum absolute atomic E-state index is 12.5. The third-order valence-electron chi connectivity index (χ3n) is 4.39. The number of hydrogen-bond donors (Lipinski definition) is 3. The number of rotatable bonds is 7. The number of ketones is 1. The van der Waals surface area contributed by atoms with Crippen molar-refractivity contribution in [3.63, 3.8) is 0 Å². The number of carbonyl (C=O) groups is 3. The van der Waals surface area contributed by atoms with Gasteiger partial charge in [-0.3, -0.25) is 14.5 Å². The van der Waals surface area contributed by atoms with Crippen molar-refractivity contribution in [2.45, 2.75) is 12.5 Å². The van der Waals surface area contributed by atoms with Crippen LogP contribution in [-0.2, 0) is 9.59 Å². The Hall–Kier alpha value is -1.49. The molecule has 148 valence electrons. The SMILES string of the molecule is CN1CCN(CC(=O)N[C@H](CC(=O)c2cc(Br)c(N)c(Br)c2)C(=O)O)CC1. The first-order valence-corrected chi connectivity index (χ1v) is 9.96. The van der Waals surface area contributed by atoms with Gasteiger partial charge in [-0.15, -0.1) is 0 Å². The number of nitrogen functional groups attached to an aromatic ring is 1. The van der Waals surface area contributed by atoms with Crippen LogP contribution < -0.4 is 11.1 Å². The molecule has 1 amide bonds. The molecule has 27 heavy (non-hydrogen) atoms. The Kier molecular flexibility index (Phi) is 7.78. The Labute approximate surface area is 174 Å². The van der Waals surface area contributed by atoms with Crippen molar-refractivity contribution in [1.82, 2.24) is 15.1 Å². The first kappa shape index (κ1) is 21.8. The number of piperazine rings is 1. The summed E-state index contributed by atoms with van der Waals surface area (Å²) in [6, 6.07) is 1.79. The number of carboxylic acid groups (broad SMARTS) is 1. The molecule has 1 saturated heterocycles. The summed E-state index contributed by atoms with van der Waals surface area (Å²) in [5, 5.41) is 11.8. The molecule has 8 nitrogen and oxygen atoms in total. The van der Waals surface area contributed by atoms with Crippen LogP contribution in [0.3, 0.4) is 0 Å².